The van der Waals surface area contributed by atoms with Gasteiger partial charge in [-0.1, -0.05) is 30.3 Å². The minimum absolute atomic E-state index is 0.0361. The number of hydrogen-bond donors (Lipinski definition) is 0. The highest BCUT2D eigenvalue weighted by molar-refractivity contribution is 7.91. The van der Waals surface area contributed by atoms with Crippen molar-refractivity contribution in [2.75, 3.05) is 7.11 Å². The second-order valence-corrected chi connectivity index (χ2v) is 9.03. The number of benzene rings is 3. The van der Waals surface area contributed by atoms with E-state index < -0.39 is 15.7 Å². The van der Waals surface area contributed by atoms with E-state index in [1.165, 1.54) is 12.3 Å². The molecule has 0 N–H and O–H groups in total. The summed E-state index contributed by atoms with van der Waals surface area (Å²) in [5.41, 5.74) is 3.06. The van der Waals surface area contributed by atoms with Crippen LogP contribution in [0.1, 0.15) is 11.1 Å². The van der Waals surface area contributed by atoms with Gasteiger partial charge >= 0.3 is 0 Å². The zero-order valence-electron chi connectivity index (χ0n) is 16.8. The van der Waals surface area contributed by atoms with E-state index in [2.05, 4.69) is 4.98 Å². The Balaban J connectivity index is 2.05. The number of sulfone groups is 1. The number of aromatic nitrogens is 1. The summed E-state index contributed by atoms with van der Waals surface area (Å²) in [4.78, 5) is 4.37. The molecule has 6 heteroatoms. The molecule has 1 aromatic heterocycles. The van der Waals surface area contributed by atoms with E-state index in [4.69, 9.17) is 4.74 Å². The molecule has 0 saturated carbocycles. The van der Waals surface area contributed by atoms with Crippen LogP contribution >= 0.6 is 0 Å². The van der Waals surface area contributed by atoms with Gasteiger partial charge in [-0.15, -0.1) is 0 Å². The number of nitrogens with zero attached hydrogens (tertiary/aromatic N) is 1. The third kappa shape index (κ3) is 3.33. The Kier molecular flexibility index (Phi) is 5.03. The topological polar surface area (TPSA) is 56.3 Å². The number of methoxy groups -OCH3 is 1. The van der Waals surface area contributed by atoms with Crippen LogP contribution < -0.4 is 4.74 Å². The van der Waals surface area contributed by atoms with E-state index >= 15 is 0 Å². The van der Waals surface area contributed by atoms with Gasteiger partial charge in [-0.25, -0.2) is 12.8 Å². The molecule has 0 saturated heterocycles. The number of halogens is 1. The summed E-state index contributed by atoms with van der Waals surface area (Å²) < 4.78 is 46.8. The first-order valence-corrected chi connectivity index (χ1v) is 10.8. The predicted molar refractivity (Wildman–Crippen MR) is 115 cm³/mol. The molecule has 152 valence electrons. The summed E-state index contributed by atoms with van der Waals surface area (Å²) in [6, 6.07) is 16.6. The summed E-state index contributed by atoms with van der Waals surface area (Å²) in [5, 5.41) is 0.435. The molecule has 0 amide bonds. The molecule has 4 aromatic rings. The maximum Gasteiger partial charge on any atom is 0.208 e. The van der Waals surface area contributed by atoms with Crippen LogP contribution in [0.2, 0.25) is 0 Å². The first-order chi connectivity index (χ1) is 14.3. The summed E-state index contributed by atoms with van der Waals surface area (Å²) >= 11 is 0. The van der Waals surface area contributed by atoms with Crippen molar-refractivity contribution in [2.24, 2.45) is 0 Å². The SMILES string of the molecule is COc1ccc(-c2c(S(=O)(=O)c3ccc(C)c(C)c3)cnc3c(F)cccc23)cc1. The molecule has 0 aliphatic rings. The van der Waals surface area contributed by atoms with Crippen molar-refractivity contribution in [1.29, 1.82) is 0 Å². The average molecular weight is 421 g/mol. The van der Waals surface area contributed by atoms with Gasteiger partial charge in [-0.2, -0.15) is 0 Å². The lowest BCUT2D eigenvalue weighted by molar-refractivity contribution is 0.415. The van der Waals surface area contributed by atoms with Gasteiger partial charge in [0.05, 0.1) is 16.9 Å². The van der Waals surface area contributed by atoms with Crippen LogP contribution in [0.5, 0.6) is 5.75 Å². The second kappa shape index (κ2) is 7.54. The monoisotopic (exact) mass is 421 g/mol. The molecule has 4 nitrogen and oxygen atoms in total. The fourth-order valence-corrected chi connectivity index (χ4v) is 4.96. The van der Waals surface area contributed by atoms with Gasteiger partial charge in [0.1, 0.15) is 17.1 Å². The van der Waals surface area contributed by atoms with Crippen LogP contribution in [0.25, 0.3) is 22.0 Å². The quantitative estimate of drug-likeness (QED) is 0.437. The predicted octanol–water partition coefficient (Wildman–Crippen LogP) is 5.50. The van der Waals surface area contributed by atoms with Crippen molar-refractivity contribution in [3.63, 3.8) is 0 Å². The number of pyridine rings is 1. The molecular weight excluding hydrogens is 401 g/mol. The van der Waals surface area contributed by atoms with Crippen LogP contribution in [0, 0.1) is 19.7 Å². The highest BCUT2D eigenvalue weighted by Crippen LogP contribution is 2.37. The maximum absolute atomic E-state index is 14.4. The molecule has 0 radical (unpaired) electrons. The summed E-state index contributed by atoms with van der Waals surface area (Å²) in [6.45, 7) is 3.79. The number of fused-ring (bicyclic) bond motifs is 1. The van der Waals surface area contributed by atoms with Crippen LogP contribution in [0.4, 0.5) is 4.39 Å². The molecule has 30 heavy (non-hydrogen) atoms. The number of hydrogen-bond acceptors (Lipinski definition) is 4. The van der Waals surface area contributed by atoms with Gasteiger partial charge in [0.25, 0.3) is 0 Å². The van der Waals surface area contributed by atoms with Crippen LogP contribution in [0.15, 0.2) is 76.7 Å². The smallest absolute Gasteiger partial charge is 0.208 e. The number of para-hydroxylation sites is 1. The third-order valence-electron chi connectivity index (χ3n) is 5.27. The molecule has 0 spiro atoms. The Morgan fingerprint density at radius 2 is 1.67 bits per heavy atom. The van der Waals surface area contributed by atoms with E-state index in [0.717, 1.165) is 11.1 Å². The van der Waals surface area contributed by atoms with E-state index in [1.54, 1.807) is 61.7 Å². The molecule has 0 unspecified atom stereocenters. The Morgan fingerprint density at radius 1 is 0.933 bits per heavy atom. The summed E-state index contributed by atoms with van der Waals surface area (Å²) in [6.07, 6.45) is 1.25. The van der Waals surface area contributed by atoms with Crippen LogP contribution in [-0.2, 0) is 9.84 Å². The van der Waals surface area contributed by atoms with Crippen LogP contribution in [0.3, 0.4) is 0 Å². The molecule has 0 atom stereocenters. The highest BCUT2D eigenvalue weighted by Gasteiger charge is 2.25. The zero-order valence-corrected chi connectivity index (χ0v) is 17.6. The van der Waals surface area contributed by atoms with E-state index in [9.17, 15) is 12.8 Å². The molecule has 0 aliphatic carbocycles. The number of ether oxygens (including phenoxy) is 1. The fourth-order valence-electron chi connectivity index (χ4n) is 3.44. The standard InChI is InChI=1S/C24H20FNO3S/c1-15-7-12-19(13-16(15)2)30(27,28)22-14-26-24-20(5-4-6-21(24)25)23(22)17-8-10-18(29-3)11-9-17/h4-14H,1-3H3. The maximum atomic E-state index is 14.4. The summed E-state index contributed by atoms with van der Waals surface area (Å²) in [5.74, 6) is 0.138. The van der Waals surface area contributed by atoms with Crippen molar-refractivity contribution in [3.8, 4) is 16.9 Å². The molecular formula is C24H20FNO3S. The van der Waals surface area contributed by atoms with Crippen LogP contribution in [-0.4, -0.2) is 20.5 Å². The minimum Gasteiger partial charge on any atom is -0.497 e. The average Bonchev–Trinajstić information content (AvgIpc) is 2.75. The van der Waals surface area contributed by atoms with E-state index in [-0.39, 0.29) is 15.3 Å². The van der Waals surface area contributed by atoms with Gasteiger partial charge in [-0.05, 0) is 60.9 Å². The lowest BCUT2D eigenvalue weighted by Crippen LogP contribution is -2.06. The zero-order chi connectivity index (χ0) is 21.5. The van der Waals surface area contributed by atoms with E-state index in [1.807, 2.05) is 13.8 Å². The Hall–Kier alpha value is -3.25. The van der Waals surface area contributed by atoms with Gasteiger partial charge in [0, 0.05) is 17.1 Å². The third-order valence-corrected chi connectivity index (χ3v) is 7.03. The lowest BCUT2D eigenvalue weighted by Gasteiger charge is -2.15. The van der Waals surface area contributed by atoms with Crippen molar-refractivity contribution in [1.82, 2.24) is 4.98 Å². The Labute approximate surface area is 174 Å². The Morgan fingerprint density at radius 3 is 2.33 bits per heavy atom. The lowest BCUT2D eigenvalue weighted by atomic mass is 10.0. The molecule has 3 aromatic carbocycles. The fraction of sp³-hybridized carbons (Fsp3) is 0.125. The van der Waals surface area contributed by atoms with Crippen molar-refractivity contribution >= 4 is 20.7 Å². The van der Waals surface area contributed by atoms with E-state index in [0.29, 0.717) is 22.3 Å². The minimum atomic E-state index is -3.89. The number of rotatable bonds is 4. The van der Waals surface area contributed by atoms with Gasteiger partial charge in [0.2, 0.25) is 9.84 Å². The largest absolute Gasteiger partial charge is 0.497 e. The molecule has 1 heterocycles. The van der Waals surface area contributed by atoms with Crippen molar-refractivity contribution in [3.05, 3.63) is 83.8 Å². The molecule has 4 rings (SSSR count). The van der Waals surface area contributed by atoms with Crippen molar-refractivity contribution in [2.45, 2.75) is 23.6 Å². The Bertz CT molecular complexity index is 1360. The van der Waals surface area contributed by atoms with Gasteiger partial charge in [-0.3, -0.25) is 4.98 Å². The normalized spacial score (nSPS) is 11.6. The van der Waals surface area contributed by atoms with Crippen molar-refractivity contribution < 1.29 is 17.5 Å². The van der Waals surface area contributed by atoms with Gasteiger partial charge < -0.3 is 4.74 Å². The number of aryl methyl sites for hydroxylation is 2. The first-order valence-electron chi connectivity index (χ1n) is 9.37. The molecule has 0 bridgehead atoms. The molecule has 0 fully saturated rings. The van der Waals surface area contributed by atoms with Gasteiger partial charge in [0.15, 0.2) is 0 Å². The second-order valence-electron chi connectivity index (χ2n) is 7.11. The molecule has 0 aliphatic heterocycles. The first kappa shape index (κ1) is 20.0. The highest BCUT2D eigenvalue weighted by atomic mass is 32.2. The summed E-state index contributed by atoms with van der Waals surface area (Å²) in [7, 11) is -2.34.